The molecule has 0 spiro atoms. The molecule has 0 aliphatic carbocycles. The summed E-state index contributed by atoms with van der Waals surface area (Å²) in [6, 6.07) is 17.1. The van der Waals surface area contributed by atoms with Crippen LogP contribution in [0.3, 0.4) is 0 Å². The van der Waals surface area contributed by atoms with Crippen LogP contribution in [-0.4, -0.2) is 42.4 Å². The van der Waals surface area contributed by atoms with Gasteiger partial charge in [-0.1, -0.05) is 41.2 Å². The summed E-state index contributed by atoms with van der Waals surface area (Å²) in [4.78, 5) is 14.7. The lowest BCUT2D eigenvalue weighted by molar-refractivity contribution is -0.112. The molecule has 0 radical (unpaired) electrons. The number of carbonyl (C=O) groups excluding carboxylic acids is 1. The molecular weight excluding hydrogens is 462 g/mol. The summed E-state index contributed by atoms with van der Waals surface area (Å²) in [6.07, 6.45) is 4.56. The van der Waals surface area contributed by atoms with Crippen molar-refractivity contribution in [3.8, 4) is 17.6 Å². The Morgan fingerprint density at radius 3 is 2.31 bits per heavy atom. The minimum absolute atomic E-state index is 0.00940. The van der Waals surface area contributed by atoms with Crippen LogP contribution in [0.1, 0.15) is 30.4 Å². The molecule has 35 heavy (non-hydrogen) atoms. The average molecular weight is 490 g/mol. The van der Waals surface area contributed by atoms with Gasteiger partial charge in [-0.3, -0.25) is 10.1 Å². The second-order valence-electron chi connectivity index (χ2n) is 8.14. The van der Waals surface area contributed by atoms with Crippen molar-refractivity contribution < 1.29 is 14.3 Å². The number of hydrogen-bond donors (Lipinski definition) is 1. The molecule has 2 heterocycles. The highest BCUT2D eigenvalue weighted by Crippen LogP contribution is 2.27. The van der Waals surface area contributed by atoms with Crippen molar-refractivity contribution >= 4 is 33.6 Å². The largest absolute Gasteiger partial charge is 0.493 e. The molecule has 1 aliphatic heterocycles. The van der Waals surface area contributed by atoms with Gasteiger partial charge in [-0.05, 0) is 55.7 Å². The third kappa shape index (κ3) is 7.04. The number of amides is 1. The number of nitrogens with zero attached hydrogens (tertiary/aromatic N) is 4. The maximum Gasteiger partial charge on any atom is 0.268 e. The fraction of sp³-hybridized carbons (Fsp3) is 0.308. The van der Waals surface area contributed by atoms with Gasteiger partial charge in [0.05, 0.1) is 13.2 Å². The Morgan fingerprint density at radius 2 is 1.69 bits per heavy atom. The number of aryl methyl sites for hydroxylation is 1. The standard InChI is InChI=1S/C26H27N5O3S/c1-19-5-9-22(10-6-19)33-15-4-16-34-23-11-7-20(8-12-23)17-21(18-27)24(32)28-25-29-30-26(35-25)31-13-2-3-14-31/h5-12,17H,2-4,13-16H2,1H3,(H,28,29,32). The van der Waals surface area contributed by atoms with Crippen LogP contribution in [0.25, 0.3) is 6.08 Å². The van der Waals surface area contributed by atoms with E-state index < -0.39 is 5.91 Å². The highest BCUT2D eigenvalue weighted by molar-refractivity contribution is 7.19. The monoisotopic (exact) mass is 489 g/mol. The van der Waals surface area contributed by atoms with Gasteiger partial charge in [0.25, 0.3) is 5.91 Å². The van der Waals surface area contributed by atoms with Gasteiger partial charge in [-0.2, -0.15) is 5.26 Å². The van der Waals surface area contributed by atoms with E-state index in [9.17, 15) is 10.1 Å². The first kappa shape index (κ1) is 24.2. The molecule has 180 valence electrons. The number of anilines is 2. The van der Waals surface area contributed by atoms with Gasteiger partial charge in [0.1, 0.15) is 23.1 Å². The van der Waals surface area contributed by atoms with Crippen LogP contribution >= 0.6 is 11.3 Å². The lowest BCUT2D eigenvalue weighted by atomic mass is 10.1. The summed E-state index contributed by atoms with van der Waals surface area (Å²) in [6.45, 7) is 5.03. The van der Waals surface area contributed by atoms with Crippen molar-refractivity contribution in [3.05, 3.63) is 65.2 Å². The van der Waals surface area contributed by atoms with Crippen molar-refractivity contribution in [1.82, 2.24) is 10.2 Å². The van der Waals surface area contributed by atoms with Crippen LogP contribution in [0.5, 0.6) is 11.5 Å². The van der Waals surface area contributed by atoms with E-state index in [1.54, 1.807) is 12.1 Å². The molecule has 1 N–H and O–H groups in total. The van der Waals surface area contributed by atoms with Crippen molar-refractivity contribution in [3.63, 3.8) is 0 Å². The predicted octanol–water partition coefficient (Wildman–Crippen LogP) is 4.84. The summed E-state index contributed by atoms with van der Waals surface area (Å²) in [5.41, 5.74) is 1.91. The van der Waals surface area contributed by atoms with Gasteiger partial charge in [0.2, 0.25) is 10.3 Å². The Balaban J connectivity index is 1.24. The number of hydrogen-bond acceptors (Lipinski definition) is 8. The average Bonchev–Trinajstić information content (AvgIpc) is 3.56. The zero-order chi connectivity index (χ0) is 24.5. The molecule has 0 atom stereocenters. The quantitative estimate of drug-likeness (QED) is 0.247. The van der Waals surface area contributed by atoms with E-state index >= 15 is 0 Å². The molecule has 1 saturated heterocycles. The third-order valence-corrected chi connectivity index (χ3v) is 6.31. The topological polar surface area (TPSA) is 100 Å². The minimum Gasteiger partial charge on any atom is -0.493 e. The van der Waals surface area contributed by atoms with Crippen molar-refractivity contribution in [2.24, 2.45) is 0 Å². The normalized spacial score (nSPS) is 13.4. The van der Waals surface area contributed by atoms with Crippen molar-refractivity contribution in [2.75, 3.05) is 36.5 Å². The molecule has 2 aromatic carbocycles. The van der Waals surface area contributed by atoms with Gasteiger partial charge in [-0.25, -0.2) is 0 Å². The number of rotatable bonds is 10. The summed E-state index contributed by atoms with van der Waals surface area (Å²) < 4.78 is 11.5. The fourth-order valence-electron chi connectivity index (χ4n) is 3.52. The van der Waals surface area contributed by atoms with E-state index in [4.69, 9.17) is 9.47 Å². The SMILES string of the molecule is Cc1ccc(OCCCOc2ccc(C=C(C#N)C(=O)Nc3nnc(N4CCCC4)s3)cc2)cc1. The Morgan fingerprint density at radius 1 is 1.06 bits per heavy atom. The van der Waals surface area contributed by atoms with Crippen LogP contribution in [0.4, 0.5) is 10.3 Å². The zero-order valence-electron chi connectivity index (χ0n) is 19.6. The number of benzene rings is 2. The maximum absolute atomic E-state index is 12.6. The van der Waals surface area contributed by atoms with Crippen LogP contribution in [-0.2, 0) is 4.79 Å². The molecule has 4 rings (SSSR count). The summed E-state index contributed by atoms with van der Waals surface area (Å²) in [5, 5.41) is 21.5. The molecule has 0 unspecified atom stereocenters. The molecule has 8 nitrogen and oxygen atoms in total. The number of carbonyl (C=O) groups is 1. The first-order valence-electron chi connectivity index (χ1n) is 11.5. The number of ether oxygens (including phenoxy) is 2. The molecule has 9 heteroatoms. The van der Waals surface area contributed by atoms with E-state index in [-0.39, 0.29) is 5.57 Å². The van der Waals surface area contributed by atoms with E-state index in [1.807, 2.05) is 49.4 Å². The van der Waals surface area contributed by atoms with Gasteiger partial charge in [0, 0.05) is 19.5 Å². The Hall–Kier alpha value is -3.90. The molecule has 0 bridgehead atoms. The molecular formula is C26H27N5O3S. The molecule has 1 aliphatic rings. The van der Waals surface area contributed by atoms with Crippen LogP contribution in [0, 0.1) is 18.3 Å². The van der Waals surface area contributed by atoms with E-state index in [1.165, 1.54) is 23.0 Å². The second-order valence-corrected chi connectivity index (χ2v) is 9.10. The third-order valence-electron chi connectivity index (χ3n) is 5.41. The van der Waals surface area contributed by atoms with Crippen LogP contribution in [0.2, 0.25) is 0 Å². The van der Waals surface area contributed by atoms with Gasteiger partial charge < -0.3 is 14.4 Å². The molecule has 1 amide bonds. The van der Waals surface area contributed by atoms with Crippen molar-refractivity contribution in [1.29, 1.82) is 5.26 Å². The predicted molar refractivity (Wildman–Crippen MR) is 137 cm³/mol. The van der Waals surface area contributed by atoms with E-state index in [0.717, 1.165) is 48.8 Å². The van der Waals surface area contributed by atoms with Crippen LogP contribution < -0.4 is 19.7 Å². The molecule has 0 saturated carbocycles. The first-order valence-corrected chi connectivity index (χ1v) is 12.4. The first-order chi connectivity index (χ1) is 17.1. The fourth-order valence-corrected chi connectivity index (χ4v) is 4.31. The Bertz CT molecular complexity index is 1190. The minimum atomic E-state index is -0.509. The summed E-state index contributed by atoms with van der Waals surface area (Å²) in [5.74, 6) is 1.05. The van der Waals surface area contributed by atoms with Crippen molar-refractivity contribution in [2.45, 2.75) is 26.2 Å². The number of aromatic nitrogens is 2. The summed E-state index contributed by atoms with van der Waals surface area (Å²) in [7, 11) is 0. The van der Waals surface area contributed by atoms with Crippen LogP contribution in [0.15, 0.2) is 54.1 Å². The maximum atomic E-state index is 12.6. The Labute approximate surface area is 208 Å². The Kier molecular flexibility index (Phi) is 8.30. The molecule has 1 fully saturated rings. The lowest BCUT2D eigenvalue weighted by Crippen LogP contribution is -2.17. The highest BCUT2D eigenvalue weighted by Gasteiger charge is 2.18. The van der Waals surface area contributed by atoms with Gasteiger partial charge >= 0.3 is 0 Å². The second kappa shape index (κ2) is 12.0. The van der Waals surface area contributed by atoms with Gasteiger partial charge in [-0.15, -0.1) is 10.2 Å². The number of nitriles is 1. The molecule has 3 aromatic rings. The van der Waals surface area contributed by atoms with E-state index in [2.05, 4.69) is 20.4 Å². The molecule has 1 aromatic heterocycles. The lowest BCUT2D eigenvalue weighted by Gasteiger charge is -2.10. The zero-order valence-corrected chi connectivity index (χ0v) is 20.4. The smallest absolute Gasteiger partial charge is 0.268 e. The highest BCUT2D eigenvalue weighted by atomic mass is 32.1. The number of nitrogens with one attached hydrogen (secondary N) is 1. The van der Waals surface area contributed by atoms with Gasteiger partial charge in [0.15, 0.2) is 0 Å². The van der Waals surface area contributed by atoms with E-state index in [0.29, 0.717) is 24.1 Å². The summed E-state index contributed by atoms with van der Waals surface area (Å²) >= 11 is 1.31.